The van der Waals surface area contributed by atoms with E-state index in [1.165, 1.54) is 0 Å². The molecule has 3 heteroatoms. The van der Waals surface area contributed by atoms with Gasteiger partial charge >= 0.3 is 0 Å². The number of rotatable bonds is 4. The van der Waals surface area contributed by atoms with Gasteiger partial charge in [0.05, 0.1) is 6.10 Å². The fourth-order valence-corrected chi connectivity index (χ4v) is 2.69. The van der Waals surface area contributed by atoms with Crippen LogP contribution in [0.5, 0.6) is 0 Å². The van der Waals surface area contributed by atoms with Gasteiger partial charge in [0.2, 0.25) is 0 Å². The predicted molar refractivity (Wildman–Crippen MR) is 76.2 cm³/mol. The number of hydrogen-bond donors (Lipinski definition) is 1. The number of hydrogen-bond acceptors (Lipinski definition) is 3. The molecule has 0 bridgehead atoms. The molecule has 1 heterocycles. The van der Waals surface area contributed by atoms with Crippen molar-refractivity contribution in [2.24, 2.45) is 5.41 Å². The molecule has 0 spiro atoms. The van der Waals surface area contributed by atoms with E-state index < -0.39 is 0 Å². The van der Waals surface area contributed by atoms with Crippen LogP contribution in [0.2, 0.25) is 0 Å². The topological polar surface area (TPSA) is 40.5 Å². The quantitative estimate of drug-likeness (QED) is 0.846. The molecule has 1 aromatic carbocycles. The van der Waals surface area contributed by atoms with Crippen LogP contribution in [0, 0.1) is 5.41 Å². The second-order valence-electron chi connectivity index (χ2n) is 6.09. The monoisotopic (exact) mass is 261 g/mol. The molecule has 0 radical (unpaired) electrons. The molecular formula is C16H23NO2. The average Bonchev–Trinajstić information content (AvgIpc) is 2.41. The lowest BCUT2D eigenvalue weighted by atomic mass is 9.83. The molecule has 1 saturated heterocycles. The van der Waals surface area contributed by atoms with E-state index in [-0.39, 0.29) is 17.3 Å². The maximum absolute atomic E-state index is 12.5. The molecule has 1 fully saturated rings. The van der Waals surface area contributed by atoms with E-state index in [0.29, 0.717) is 0 Å². The Labute approximate surface area is 115 Å². The summed E-state index contributed by atoms with van der Waals surface area (Å²) in [5.41, 5.74) is 0.397. The van der Waals surface area contributed by atoms with Crippen LogP contribution < -0.4 is 0 Å². The van der Waals surface area contributed by atoms with Crippen LogP contribution in [0.25, 0.3) is 0 Å². The Morgan fingerprint density at radius 1 is 1.26 bits per heavy atom. The summed E-state index contributed by atoms with van der Waals surface area (Å²) in [6.07, 6.45) is 1.47. The van der Waals surface area contributed by atoms with Crippen LogP contribution in [0.3, 0.4) is 0 Å². The van der Waals surface area contributed by atoms with E-state index in [4.69, 9.17) is 0 Å². The largest absolute Gasteiger partial charge is 0.393 e. The molecule has 0 saturated carbocycles. The molecular weight excluding hydrogens is 238 g/mol. The number of nitrogens with zero attached hydrogens (tertiary/aromatic N) is 1. The summed E-state index contributed by atoms with van der Waals surface area (Å²) < 4.78 is 0. The van der Waals surface area contributed by atoms with E-state index in [1.54, 1.807) is 0 Å². The lowest BCUT2D eigenvalue weighted by molar-refractivity contribution is 0.0550. The van der Waals surface area contributed by atoms with Gasteiger partial charge in [0, 0.05) is 30.6 Å². The van der Waals surface area contributed by atoms with Gasteiger partial charge in [-0.1, -0.05) is 44.2 Å². The molecule has 1 aliphatic rings. The number of benzene rings is 1. The van der Waals surface area contributed by atoms with Gasteiger partial charge in [-0.15, -0.1) is 0 Å². The third-order valence-corrected chi connectivity index (χ3v) is 3.83. The van der Waals surface area contributed by atoms with E-state index in [9.17, 15) is 9.90 Å². The molecule has 1 N–H and O–H groups in total. The summed E-state index contributed by atoms with van der Waals surface area (Å²) >= 11 is 0. The molecule has 3 nitrogen and oxygen atoms in total. The Bertz CT molecular complexity index is 420. The molecule has 1 aliphatic heterocycles. The molecule has 0 unspecified atom stereocenters. The van der Waals surface area contributed by atoms with Gasteiger partial charge in [0.1, 0.15) is 0 Å². The van der Waals surface area contributed by atoms with E-state index in [1.807, 2.05) is 44.2 Å². The van der Waals surface area contributed by atoms with E-state index >= 15 is 0 Å². The SMILES string of the molecule is CC(C)(CN1CCC(O)CC1)C(=O)c1ccccc1. The maximum Gasteiger partial charge on any atom is 0.169 e. The smallest absolute Gasteiger partial charge is 0.169 e. The van der Waals surface area contributed by atoms with Crippen molar-refractivity contribution >= 4 is 5.78 Å². The van der Waals surface area contributed by atoms with Crippen LogP contribution in [0.15, 0.2) is 30.3 Å². The fourth-order valence-electron chi connectivity index (χ4n) is 2.69. The number of piperidine rings is 1. The van der Waals surface area contributed by atoms with E-state index in [2.05, 4.69) is 4.90 Å². The molecule has 0 amide bonds. The summed E-state index contributed by atoms with van der Waals surface area (Å²) in [5.74, 6) is 0.194. The highest BCUT2D eigenvalue weighted by atomic mass is 16.3. The lowest BCUT2D eigenvalue weighted by Crippen LogP contribution is -2.44. The Kier molecular flexibility index (Phi) is 4.38. The minimum Gasteiger partial charge on any atom is -0.393 e. The number of aliphatic hydroxyl groups excluding tert-OH is 1. The highest BCUT2D eigenvalue weighted by Gasteiger charge is 2.31. The van der Waals surface area contributed by atoms with Crippen LogP contribution in [-0.4, -0.2) is 41.5 Å². The summed E-state index contributed by atoms with van der Waals surface area (Å²) in [7, 11) is 0. The second-order valence-corrected chi connectivity index (χ2v) is 6.09. The summed E-state index contributed by atoms with van der Waals surface area (Å²) in [6, 6.07) is 9.49. The molecule has 1 aromatic rings. The first-order chi connectivity index (χ1) is 8.99. The first kappa shape index (κ1) is 14.2. The Hall–Kier alpha value is -1.19. The van der Waals surface area contributed by atoms with Crippen LogP contribution in [-0.2, 0) is 0 Å². The van der Waals surface area contributed by atoms with Crippen molar-refractivity contribution in [3.8, 4) is 0 Å². The van der Waals surface area contributed by atoms with Gasteiger partial charge in [-0.3, -0.25) is 4.79 Å². The zero-order valence-electron chi connectivity index (χ0n) is 11.8. The average molecular weight is 261 g/mol. The molecule has 19 heavy (non-hydrogen) atoms. The zero-order chi connectivity index (χ0) is 13.9. The third kappa shape index (κ3) is 3.64. The number of likely N-dealkylation sites (tertiary alicyclic amines) is 1. The van der Waals surface area contributed by atoms with Gasteiger partial charge < -0.3 is 10.0 Å². The summed E-state index contributed by atoms with van der Waals surface area (Å²) in [5, 5.41) is 9.52. The van der Waals surface area contributed by atoms with E-state index in [0.717, 1.165) is 38.0 Å². The fraction of sp³-hybridized carbons (Fsp3) is 0.562. The lowest BCUT2D eigenvalue weighted by Gasteiger charge is -2.35. The highest BCUT2D eigenvalue weighted by molar-refractivity contribution is 6.00. The van der Waals surface area contributed by atoms with Gasteiger partial charge in [0.25, 0.3) is 0 Å². The number of aliphatic hydroxyl groups is 1. The van der Waals surface area contributed by atoms with Crippen LogP contribution in [0.4, 0.5) is 0 Å². The first-order valence-electron chi connectivity index (χ1n) is 6.99. The Balaban J connectivity index is 2.00. The standard InChI is InChI=1S/C16H23NO2/c1-16(2,12-17-10-8-14(18)9-11-17)15(19)13-6-4-3-5-7-13/h3-7,14,18H,8-12H2,1-2H3. The maximum atomic E-state index is 12.5. The van der Waals surface area contributed by atoms with Crippen molar-refractivity contribution in [1.29, 1.82) is 0 Å². The predicted octanol–water partition coefficient (Wildman–Crippen LogP) is 2.35. The van der Waals surface area contributed by atoms with Gasteiger partial charge in [-0.25, -0.2) is 0 Å². The van der Waals surface area contributed by atoms with Crippen LogP contribution in [0.1, 0.15) is 37.0 Å². The minimum atomic E-state index is -0.385. The zero-order valence-corrected chi connectivity index (χ0v) is 11.8. The first-order valence-corrected chi connectivity index (χ1v) is 6.99. The molecule has 0 aromatic heterocycles. The van der Waals surface area contributed by atoms with Crippen molar-refractivity contribution in [3.63, 3.8) is 0 Å². The minimum absolute atomic E-state index is 0.163. The Morgan fingerprint density at radius 2 is 1.84 bits per heavy atom. The molecule has 104 valence electrons. The number of carbonyl (C=O) groups excluding carboxylic acids is 1. The van der Waals surface area contributed by atoms with Crippen molar-refractivity contribution in [1.82, 2.24) is 4.90 Å². The van der Waals surface area contributed by atoms with Crippen molar-refractivity contribution < 1.29 is 9.90 Å². The third-order valence-electron chi connectivity index (χ3n) is 3.83. The molecule has 0 aliphatic carbocycles. The van der Waals surface area contributed by atoms with Gasteiger partial charge in [-0.05, 0) is 12.8 Å². The van der Waals surface area contributed by atoms with Gasteiger partial charge in [0.15, 0.2) is 5.78 Å². The number of ketones is 1. The summed E-state index contributed by atoms with van der Waals surface area (Å²) in [4.78, 5) is 14.8. The normalized spacial score (nSPS) is 18.5. The molecule has 2 rings (SSSR count). The highest BCUT2D eigenvalue weighted by Crippen LogP contribution is 2.25. The summed E-state index contributed by atoms with van der Waals surface area (Å²) in [6.45, 7) is 6.54. The van der Waals surface area contributed by atoms with Crippen molar-refractivity contribution in [2.75, 3.05) is 19.6 Å². The van der Waals surface area contributed by atoms with Gasteiger partial charge in [-0.2, -0.15) is 0 Å². The number of carbonyl (C=O) groups is 1. The number of Topliss-reactive ketones (excluding diaryl/α,β-unsaturated/α-hetero) is 1. The second kappa shape index (κ2) is 5.85. The van der Waals surface area contributed by atoms with Crippen molar-refractivity contribution in [2.45, 2.75) is 32.8 Å². The Morgan fingerprint density at radius 3 is 2.42 bits per heavy atom. The molecule has 0 atom stereocenters. The van der Waals surface area contributed by atoms with Crippen LogP contribution >= 0.6 is 0 Å². The van der Waals surface area contributed by atoms with Crippen molar-refractivity contribution in [3.05, 3.63) is 35.9 Å².